The van der Waals surface area contributed by atoms with Gasteiger partial charge in [0.2, 0.25) is 5.95 Å². The van der Waals surface area contributed by atoms with E-state index in [9.17, 15) is 18.0 Å². The number of hydrogen-bond donors (Lipinski definition) is 1. The van der Waals surface area contributed by atoms with Crippen molar-refractivity contribution in [1.82, 2.24) is 29.4 Å². The Morgan fingerprint density at radius 1 is 1.19 bits per heavy atom. The molecule has 186 valence electrons. The van der Waals surface area contributed by atoms with Gasteiger partial charge in [-0.25, -0.2) is 15.0 Å². The van der Waals surface area contributed by atoms with Gasteiger partial charge in [-0.3, -0.25) is 9.36 Å². The highest BCUT2D eigenvalue weighted by Gasteiger charge is 2.31. The number of thiazole rings is 1. The standard InChI is InChI=1S/C23H20F3N7O2S/c1-14-12-33(19(29-14)15-3-2-4-17(11-15)35-23(24,25)26)18-5-7-28-22(31-18)30-16-6-9-32(13-16)21(34)20-27-8-10-36-20/h2-5,7-8,10-12,16H,6,9,13H2,1H3,(H,28,30,31)/t16-/m1/s1. The lowest BCUT2D eigenvalue weighted by Crippen LogP contribution is -2.31. The van der Waals surface area contributed by atoms with Crippen LogP contribution < -0.4 is 10.1 Å². The molecule has 0 unspecified atom stereocenters. The number of likely N-dealkylation sites (tertiary alicyclic amines) is 1. The minimum Gasteiger partial charge on any atom is -0.406 e. The second-order valence-corrected chi connectivity index (χ2v) is 9.00. The number of imidazole rings is 1. The van der Waals surface area contributed by atoms with E-state index in [1.807, 2.05) is 0 Å². The van der Waals surface area contributed by atoms with Crippen molar-refractivity contribution < 1.29 is 22.7 Å². The summed E-state index contributed by atoms with van der Waals surface area (Å²) in [4.78, 5) is 31.7. The van der Waals surface area contributed by atoms with Crippen LogP contribution in [0.25, 0.3) is 17.2 Å². The van der Waals surface area contributed by atoms with Crippen LogP contribution in [0.4, 0.5) is 19.1 Å². The number of aromatic nitrogens is 5. The van der Waals surface area contributed by atoms with Gasteiger partial charge in [0.15, 0.2) is 5.01 Å². The summed E-state index contributed by atoms with van der Waals surface area (Å²) in [5.41, 5.74) is 1.09. The predicted octanol–water partition coefficient (Wildman–Crippen LogP) is 4.32. The molecule has 1 fully saturated rings. The number of rotatable bonds is 6. The van der Waals surface area contributed by atoms with Crippen LogP contribution in [0, 0.1) is 6.92 Å². The number of anilines is 1. The maximum atomic E-state index is 12.7. The van der Waals surface area contributed by atoms with Crippen molar-refractivity contribution in [3.63, 3.8) is 0 Å². The van der Waals surface area contributed by atoms with Gasteiger partial charge in [-0.1, -0.05) is 12.1 Å². The topological polar surface area (TPSA) is 98.1 Å². The minimum absolute atomic E-state index is 0.0376. The van der Waals surface area contributed by atoms with Crippen LogP contribution in [0.3, 0.4) is 0 Å². The zero-order chi connectivity index (χ0) is 25.3. The number of aryl methyl sites for hydroxylation is 1. The summed E-state index contributed by atoms with van der Waals surface area (Å²) in [6, 6.07) is 7.26. The Bertz CT molecular complexity index is 1370. The van der Waals surface area contributed by atoms with Crippen LogP contribution in [0.5, 0.6) is 5.75 Å². The van der Waals surface area contributed by atoms with Gasteiger partial charge in [0, 0.05) is 48.7 Å². The van der Waals surface area contributed by atoms with E-state index in [-0.39, 0.29) is 17.7 Å². The largest absolute Gasteiger partial charge is 0.573 e. The third-order valence-electron chi connectivity index (χ3n) is 5.46. The van der Waals surface area contributed by atoms with Crippen molar-refractivity contribution in [2.45, 2.75) is 25.7 Å². The summed E-state index contributed by atoms with van der Waals surface area (Å²) in [6.07, 6.45) is 0.863. The van der Waals surface area contributed by atoms with E-state index in [0.29, 0.717) is 46.9 Å². The average Bonchev–Trinajstić information content (AvgIpc) is 3.59. The Balaban J connectivity index is 1.35. The molecule has 1 saturated heterocycles. The van der Waals surface area contributed by atoms with E-state index in [2.05, 4.69) is 30.0 Å². The Morgan fingerprint density at radius 3 is 2.83 bits per heavy atom. The van der Waals surface area contributed by atoms with Gasteiger partial charge in [0.1, 0.15) is 17.4 Å². The molecular formula is C23H20F3N7O2S. The number of hydrogen-bond acceptors (Lipinski definition) is 8. The highest BCUT2D eigenvalue weighted by molar-refractivity contribution is 7.11. The lowest BCUT2D eigenvalue weighted by Gasteiger charge is -2.16. The van der Waals surface area contributed by atoms with Gasteiger partial charge < -0.3 is 15.0 Å². The maximum absolute atomic E-state index is 12.7. The van der Waals surface area contributed by atoms with Crippen LogP contribution in [0.2, 0.25) is 0 Å². The molecule has 4 heterocycles. The molecule has 9 nitrogen and oxygen atoms in total. The molecule has 5 rings (SSSR count). The highest BCUT2D eigenvalue weighted by Crippen LogP contribution is 2.29. The van der Waals surface area contributed by atoms with Gasteiger partial charge in [-0.15, -0.1) is 24.5 Å². The Morgan fingerprint density at radius 2 is 2.06 bits per heavy atom. The monoisotopic (exact) mass is 515 g/mol. The first-order valence-electron chi connectivity index (χ1n) is 11.0. The maximum Gasteiger partial charge on any atom is 0.573 e. The fraction of sp³-hybridized carbons (Fsp3) is 0.261. The van der Waals surface area contributed by atoms with Gasteiger partial charge in [-0.05, 0) is 31.5 Å². The van der Waals surface area contributed by atoms with Crippen LogP contribution in [0.1, 0.15) is 21.9 Å². The Labute approximate surface area is 207 Å². The molecule has 0 bridgehead atoms. The van der Waals surface area contributed by atoms with Crippen molar-refractivity contribution in [3.8, 4) is 23.0 Å². The SMILES string of the molecule is Cc1cn(-c2ccnc(N[C@@H]3CCN(C(=O)c4nccs4)C3)n2)c(-c2cccc(OC(F)(F)F)c2)n1. The fourth-order valence-corrected chi connectivity index (χ4v) is 4.57. The van der Waals surface area contributed by atoms with Crippen LogP contribution in [-0.4, -0.2) is 60.8 Å². The third-order valence-corrected chi connectivity index (χ3v) is 6.22. The summed E-state index contributed by atoms with van der Waals surface area (Å²) in [6.45, 7) is 2.87. The van der Waals surface area contributed by atoms with E-state index in [1.165, 1.54) is 29.5 Å². The van der Waals surface area contributed by atoms with Gasteiger partial charge >= 0.3 is 6.36 Å². The minimum atomic E-state index is -4.79. The van der Waals surface area contributed by atoms with Crippen molar-refractivity contribution >= 4 is 23.2 Å². The van der Waals surface area contributed by atoms with E-state index in [4.69, 9.17) is 0 Å². The zero-order valence-corrected chi connectivity index (χ0v) is 19.8. The van der Waals surface area contributed by atoms with Crippen molar-refractivity contribution in [3.05, 3.63) is 65.0 Å². The lowest BCUT2D eigenvalue weighted by atomic mass is 10.2. The number of halogens is 3. The third kappa shape index (κ3) is 5.30. The number of amides is 1. The van der Waals surface area contributed by atoms with Crippen LogP contribution in [-0.2, 0) is 0 Å². The van der Waals surface area contributed by atoms with E-state index in [0.717, 1.165) is 6.42 Å². The lowest BCUT2D eigenvalue weighted by molar-refractivity contribution is -0.274. The second-order valence-electron chi connectivity index (χ2n) is 8.11. The van der Waals surface area contributed by atoms with Crippen LogP contribution >= 0.6 is 11.3 Å². The molecule has 13 heteroatoms. The van der Waals surface area contributed by atoms with E-state index < -0.39 is 6.36 Å². The van der Waals surface area contributed by atoms with E-state index in [1.54, 1.807) is 52.5 Å². The van der Waals surface area contributed by atoms with Crippen molar-refractivity contribution in [2.75, 3.05) is 18.4 Å². The molecule has 0 spiro atoms. The molecule has 0 saturated carbocycles. The molecule has 4 aromatic rings. The molecular weight excluding hydrogens is 495 g/mol. The van der Waals surface area contributed by atoms with Crippen molar-refractivity contribution in [2.24, 2.45) is 0 Å². The fourth-order valence-electron chi connectivity index (χ4n) is 3.97. The predicted molar refractivity (Wildman–Crippen MR) is 126 cm³/mol. The summed E-state index contributed by atoms with van der Waals surface area (Å²) in [5, 5.41) is 5.50. The first-order valence-corrected chi connectivity index (χ1v) is 11.8. The second kappa shape index (κ2) is 9.57. The Hall–Kier alpha value is -4.00. The number of carbonyl (C=O) groups is 1. The number of benzene rings is 1. The summed E-state index contributed by atoms with van der Waals surface area (Å²) in [7, 11) is 0. The first kappa shape index (κ1) is 23.7. The summed E-state index contributed by atoms with van der Waals surface area (Å²) in [5.74, 6) is 0.826. The van der Waals surface area contributed by atoms with Crippen LogP contribution in [0.15, 0.2) is 54.3 Å². The molecule has 1 amide bonds. The summed E-state index contributed by atoms with van der Waals surface area (Å²) >= 11 is 1.31. The Kier molecular flexibility index (Phi) is 6.31. The number of ether oxygens (including phenoxy) is 1. The normalized spacial score (nSPS) is 15.8. The quantitative estimate of drug-likeness (QED) is 0.408. The highest BCUT2D eigenvalue weighted by atomic mass is 32.1. The number of nitrogens with zero attached hydrogens (tertiary/aromatic N) is 6. The summed E-state index contributed by atoms with van der Waals surface area (Å²) < 4.78 is 43.8. The van der Waals surface area contributed by atoms with Gasteiger partial charge in [0.25, 0.3) is 5.91 Å². The molecule has 1 N–H and O–H groups in total. The molecule has 1 aromatic carbocycles. The number of carbonyl (C=O) groups excluding carboxylic acids is 1. The molecule has 0 aliphatic carbocycles. The van der Waals surface area contributed by atoms with E-state index >= 15 is 0 Å². The smallest absolute Gasteiger partial charge is 0.406 e. The zero-order valence-electron chi connectivity index (χ0n) is 18.9. The molecule has 0 radical (unpaired) electrons. The van der Waals surface area contributed by atoms with Crippen molar-refractivity contribution in [1.29, 1.82) is 0 Å². The average molecular weight is 516 g/mol. The van der Waals surface area contributed by atoms with Gasteiger partial charge in [-0.2, -0.15) is 4.98 Å². The molecule has 1 aliphatic heterocycles. The number of nitrogens with one attached hydrogen (secondary N) is 1. The molecule has 1 atom stereocenters. The van der Waals surface area contributed by atoms with Gasteiger partial charge in [0.05, 0.1) is 5.69 Å². The first-order chi connectivity index (χ1) is 17.2. The molecule has 1 aliphatic rings. The number of alkyl halides is 3. The molecule has 3 aromatic heterocycles. The molecule has 36 heavy (non-hydrogen) atoms.